The van der Waals surface area contributed by atoms with Crippen LogP contribution in [-0.2, 0) is 13.3 Å². The molecule has 0 saturated carbocycles. The highest BCUT2D eigenvalue weighted by Gasteiger charge is 2.26. The van der Waals surface area contributed by atoms with Crippen molar-refractivity contribution in [1.82, 2.24) is 0 Å². The van der Waals surface area contributed by atoms with Gasteiger partial charge in [0.05, 0.1) is 5.60 Å². The van der Waals surface area contributed by atoms with Crippen molar-refractivity contribution >= 4 is 19.0 Å². The molecule has 0 aliphatic carbocycles. The molecule has 0 aliphatic heterocycles. The predicted octanol–water partition coefficient (Wildman–Crippen LogP) is 3.67. The van der Waals surface area contributed by atoms with Crippen LogP contribution in [0.4, 0.5) is 0 Å². The third-order valence-electron chi connectivity index (χ3n) is 3.16. The standard InChI is InChI=1S/C11H24O2Si.C5H12OSi/c1-5-8-10-12-14(4,7-3)13-11-9-6-2;1-4-5(2,3)6-7/h7H,3,5-6,8-11H2,1-2,4H3;4H,1H2,2-3,7H3. The second-order valence-electron chi connectivity index (χ2n) is 5.64. The van der Waals surface area contributed by atoms with E-state index in [1.165, 1.54) is 0 Å². The van der Waals surface area contributed by atoms with E-state index in [1.54, 1.807) is 6.08 Å². The van der Waals surface area contributed by atoms with Crippen LogP contribution in [0.1, 0.15) is 53.4 Å². The molecule has 5 heteroatoms. The first kappa shape index (κ1) is 23.1. The van der Waals surface area contributed by atoms with E-state index in [1.807, 2.05) is 19.5 Å². The van der Waals surface area contributed by atoms with E-state index in [-0.39, 0.29) is 5.60 Å². The van der Waals surface area contributed by atoms with E-state index >= 15 is 0 Å². The quantitative estimate of drug-likeness (QED) is 0.328. The first-order valence-electron chi connectivity index (χ1n) is 7.91. The topological polar surface area (TPSA) is 27.7 Å². The number of hydrogen-bond acceptors (Lipinski definition) is 3. The summed E-state index contributed by atoms with van der Waals surface area (Å²) in [4.78, 5) is 0. The Bertz CT molecular complexity index is 258. The summed E-state index contributed by atoms with van der Waals surface area (Å²) in [5, 5.41) is 0. The van der Waals surface area contributed by atoms with Gasteiger partial charge in [0.15, 0.2) is 0 Å². The number of rotatable bonds is 11. The molecule has 126 valence electrons. The summed E-state index contributed by atoms with van der Waals surface area (Å²) in [6.07, 6.45) is 6.34. The average molecular weight is 333 g/mol. The van der Waals surface area contributed by atoms with Crippen LogP contribution in [0.5, 0.6) is 0 Å². The fraction of sp³-hybridized carbons (Fsp3) is 0.750. The second kappa shape index (κ2) is 13.5. The third kappa shape index (κ3) is 14.5. The van der Waals surface area contributed by atoms with Gasteiger partial charge in [-0.1, -0.05) is 32.8 Å². The summed E-state index contributed by atoms with van der Waals surface area (Å²) >= 11 is 0. The molecule has 0 radical (unpaired) electrons. The Hall–Kier alpha value is -0.206. The minimum absolute atomic E-state index is 0.0910. The lowest BCUT2D eigenvalue weighted by Gasteiger charge is -2.23. The van der Waals surface area contributed by atoms with E-state index < -0.39 is 8.56 Å². The summed E-state index contributed by atoms with van der Waals surface area (Å²) in [6, 6.07) is 0. The fourth-order valence-electron chi connectivity index (χ4n) is 1.08. The van der Waals surface area contributed by atoms with Crippen molar-refractivity contribution in [3.8, 4) is 0 Å². The molecule has 0 spiro atoms. The Morgan fingerprint density at radius 1 is 1.05 bits per heavy atom. The summed E-state index contributed by atoms with van der Waals surface area (Å²) in [7, 11) is -1.25. The maximum Gasteiger partial charge on any atom is 0.361 e. The van der Waals surface area contributed by atoms with Gasteiger partial charge in [-0.05, 0) is 38.9 Å². The molecule has 21 heavy (non-hydrogen) atoms. The molecule has 0 rings (SSSR count). The van der Waals surface area contributed by atoms with Crippen LogP contribution < -0.4 is 0 Å². The lowest BCUT2D eigenvalue weighted by atomic mass is 10.1. The van der Waals surface area contributed by atoms with Crippen molar-refractivity contribution in [2.24, 2.45) is 0 Å². The zero-order chi connectivity index (χ0) is 16.8. The van der Waals surface area contributed by atoms with Crippen LogP contribution in [0.3, 0.4) is 0 Å². The van der Waals surface area contributed by atoms with E-state index in [9.17, 15) is 0 Å². The lowest BCUT2D eigenvalue weighted by Crippen LogP contribution is -2.37. The van der Waals surface area contributed by atoms with Gasteiger partial charge < -0.3 is 13.3 Å². The molecule has 0 aromatic heterocycles. The van der Waals surface area contributed by atoms with Crippen molar-refractivity contribution in [2.45, 2.75) is 65.5 Å². The van der Waals surface area contributed by atoms with Gasteiger partial charge in [0, 0.05) is 13.2 Å². The van der Waals surface area contributed by atoms with Crippen molar-refractivity contribution < 1.29 is 13.3 Å². The molecule has 0 bridgehead atoms. The van der Waals surface area contributed by atoms with Gasteiger partial charge in [0.25, 0.3) is 0 Å². The van der Waals surface area contributed by atoms with E-state index in [0.29, 0.717) is 0 Å². The smallest absolute Gasteiger partial charge is 0.361 e. The number of hydrogen-bond donors (Lipinski definition) is 0. The first-order chi connectivity index (χ1) is 9.80. The first-order valence-corrected chi connectivity index (χ1v) is 11.1. The van der Waals surface area contributed by atoms with Crippen LogP contribution in [0.2, 0.25) is 6.55 Å². The molecule has 3 nitrogen and oxygen atoms in total. The molecule has 0 amide bonds. The highest BCUT2D eigenvalue weighted by atomic mass is 28.4. The summed E-state index contributed by atoms with van der Waals surface area (Å²) < 4.78 is 16.6. The largest absolute Gasteiger partial charge is 0.420 e. The number of unbranched alkanes of at least 4 members (excludes halogenated alkanes) is 2. The zero-order valence-corrected chi connectivity index (χ0v) is 18.0. The molecular formula is C16H36O3Si2. The van der Waals surface area contributed by atoms with Crippen molar-refractivity contribution in [2.75, 3.05) is 13.2 Å². The maximum absolute atomic E-state index is 5.76. The summed E-state index contributed by atoms with van der Waals surface area (Å²) in [5.41, 5.74) is 1.78. The lowest BCUT2D eigenvalue weighted by molar-refractivity contribution is 0.179. The van der Waals surface area contributed by atoms with Gasteiger partial charge in [0.2, 0.25) is 0 Å². The monoisotopic (exact) mass is 332 g/mol. The minimum atomic E-state index is -2.03. The van der Waals surface area contributed by atoms with Gasteiger partial charge in [0.1, 0.15) is 10.5 Å². The van der Waals surface area contributed by atoms with E-state index in [2.05, 4.69) is 33.6 Å². The fourth-order valence-corrected chi connectivity index (χ4v) is 2.67. The Morgan fingerprint density at radius 2 is 1.48 bits per heavy atom. The zero-order valence-electron chi connectivity index (χ0n) is 15.0. The van der Waals surface area contributed by atoms with Crippen LogP contribution in [0.25, 0.3) is 0 Å². The molecule has 0 aromatic carbocycles. The Balaban J connectivity index is 0. The highest BCUT2D eigenvalue weighted by molar-refractivity contribution is 6.71. The Morgan fingerprint density at radius 3 is 1.67 bits per heavy atom. The van der Waals surface area contributed by atoms with Gasteiger partial charge >= 0.3 is 8.56 Å². The third-order valence-corrected chi connectivity index (χ3v) is 6.51. The summed E-state index contributed by atoms with van der Waals surface area (Å²) in [6.45, 7) is 19.4. The van der Waals surface area contributed by atoms with E-state index in [4.69, 9.17) is 13.3 Å². The van der Waals surface area contributed by atoms with E-state index in [0.717, 1.165) is 49.4 Å². The summed E-state index contributed by atoms with van der Waals surface area (Å²) in [5.74, 6) is 0. The molecule has 0 unspecified atom stereocenters. The highest BCUT2D eigenvalue weighted by Crippen LogP contribution is 2.10. The SMILES string of the molecule is C=CC(C)(C)O[SiH3].C=C[Si](C)(OCCCC)OCCCC. The minimum Gasteiger partial charge on any atom is -0.420 e. The predicted molar refractivity (Wildman–Crippen MR) is 98.8 cm³/mol. The second-order valence-corrected chi connectivity index (χ2v) is 9.06. The van der Waals surface area contributed by atoms with Gasteiger partial charge in [-0.2, -0.15) is 0 Å². The van der Waals surface area contributed by atoms with Gasteiger partial charge in [-0.25, -0.2) is 0 Å². The molecule has 0 N–H and O–H groups in total. The Kier molecular flexibility index (Phi) is 14.8. The van der Waals surface area contributed by atoms with Crippen molar-refractivity contribution in [3.05, 3.63) is 24.9 Å². The molecule has 0 heterocycles. The van der Waals surface area contributed by atoms with Crippen LogP contribution >= 0.6 is 0 Å². The molecule has 0 fully saturated rings. The average Bonchev–Trinajstić information content (AvgIpc) is 2.48. The molecule has 0 aromatic rings. The van der Waals surface area contributed by atoms with Gasteiger partial charge in [-0.15, -0.1) is 13.2 Å². The van der Waals surface area contributed by atoms with Crippen LogP contribution in [0.15, 0.2) is 24.9 Å². The Labute approximate surface area is 136 Å². The molecule has 0 aliphatic rings. The van der Waals surface area contributed by atoms with Crippen LogP contribution in [-0.4, -0.2) is 37.9 Å². The maximum atomic E-state index is 5.76. The van der Waals surface area contributed by atoms with Crippen molar-refractivity contribution in [3.63, 3.8) is 0 Å². The molecule has 0 saturated heterocycles. The van der Waals surface area contributed by atoms with Crippen molar-refractivity contribution in [1.29, 1.82) is 0 Å². The normalized spacial score (nSPS) is 11.7. The van der Waals surface area contributed by atoms with Gasteiger partial charge in [-0.3, -0.25) is 0 Å². The molecule has 0 atom stereocenters. The molecular weight excluding hydrogens is 296 g/mol. The van der Waals surface area contributed by atoms with Crippen LogP contribution in [0, 0.1) is 0 Å².